The van der Waals surface area contributed by atoms with Crippen LogP contribution in [0.4, 0.5) is 15.8 Å². The highest BCUT2D eigenvalue weighted by atomic mass is 19.1. The van der Waals surface area contributed by atoms with E-state index in [-0.39, 0.29) is 30.5 Å². The number of halogens is 1. The van der Waals surface area contributed by atoms with Crippen molar-refractivity contribution >= 4 is 17.3 Å². The Morgan fingerprint density at radius 2 is 1.77 bits per heavy atom. The molecule has 56 heavy (non-hydrogen) atoms. The van der Waals surface area contributed by atoms with Crippen molar-refractivity contribution < 1.29 is 42.8 Å². The number of nitrogens with zero attached hydrogens (tertiary/aromatic N) is 3. The summed E-state index contributed by atoms with van der Waals surface area (Å²) in [6, 6.07) is 27.0. The Bertz CT molecular complexity index is 1930. The quantitative estimate of drug-likeness (QED) is 0.0627. The Morgan fingerprint density at radius 3 is 2.55 bits per heavy atom. The molecule has 2 fully saturated rings. The Morgan fingerprint density at radius 1 is 0.964 bits per heavy atom. The van der Waals surface area contributed by atoms with Gasteiger partial charge in [-0.15, -0.1) is 10.1 Å². The van der Waals surface area contributed by atoms with Crippen LogP contribution in [0.2, 0.25) is 0 Å². The molecule has 14 heteroatoms. The van der Waals surface area contributed by atoms with Gasteiger partial charge in [0.1, 0.15) is 42.7 Å². The van der Waals surface area contributed by atoms with Crippen molar-refractivity contribution in [1.29, 1.82) is 0 Å². The van der Waals surface area contributed by atoms with E-state index >= 15 is 0 Å². The molecule has 3 heterocycles. The number of benzene rings is 4. The first-order valence-electron chi connectivity index (χ1n) is 19.0. The molecular formula is C42H47FN4O9. The van der Waals surface area contributed by atoms with E-state index in [1.165, 1.54) is 6.07 Å². The smallest absolute Gasteiger partial charge is 0.338 e. The first kappa shape index (κ1) is 38.8. The van der Waals surface area contributed by atoms with Gasteiger partial charge in [0.05, 0.1) is 37.1 Å². The van der Waals surface area contributed by atoms with E-state index in [0.29, 0.717) is 56.3 Å². The minimum Gasteiger partial charge on any atom is -0.490 e. The van der Waals surface area contributed by atoms with Gasteiger partial charge in [-0.1, -0.05) is 36.4 Å². The van der Waals surface area contributed by atoms with E-state index in [2.05, 4.69) is 26.0 Å². The fraction of sp³-hybridized carbons (Fsp3) is 0.405. The van der Waals surface area contributed by atoms with Gasteiger partial charge >= 0.3 is 5.97 Å². The molecular weight excluding hydrogens is 723 g/mol. The third-order valence-electron chi connectivity index (χ3n) is 10.4. The number of ether oxygens (including phenoxy) is 5. The van der Waals surface area contributed by atoms with Crippen molar-refractivity contribution in [3.63, 3.8) is 0 Å². The first-order valence-corrected chi connectivity index (χ1v) is 19.0. The lowest BCUT2D eigenvalue weighted by molar-refractivity contribution is -0.763. The molecule has 3 aliphatic rings. The second-order valence-electron chi connectivity index (χ2n) is 14.2. The molecule has 2 saturated heterocycles. The average molecular weight is 771 g/mol. The average Bonchev–Trinajstić information content (AvgIpc) is 3.68. The minimum absolute atomic E-state index is 0.0526. The number of carbonyl (C=O) groups is 1. The largest absolute Gasteiger partial charge is 0.490 e. The lowest BCUT2D eigenvalue weighted by atomic mass is 9.85. The molecule has 1 N–H and O–H groups in total. The second kappa shape index (κ2) is 18.5. The summed E-state index contributed by atoms with van der Waals surface area (Å²) in [6.45, 7) is 5.45. The Labute approximate surface area is 325 Å². The summed E-state index contributed by atoms with van der Waals surface area (Å²) < 4.78 is 44.3. The Hall–Kier alpha value is -5.44. The van der Waals surface area contributed by atoms with E-state index in [9.17, 15) is 19.3 Å². The number of carbonyl (C=O) groups excluding carboxylic acids is 1. The summed E-state index contributed by atoms with van der Waals surface area (Å²) in [5.41, 5.74) is 4.67. The number of rotatable bonds is 16. The maximum Gasteiger partial charge on any atom is 0.338 e. The third-order valence-corrected chi connectivity index (χ3v) is 10.4. The van der Waals surface area contributed by atoms with Crippen LogP contribution in [0.15, 0.2) is 91.0 Å². The van der Waals surface area contributed by atoms with Crippen LogP contribution in [-0.2, 0) is 32.3 Å². The number of methoxy groups -OCH3 is 1. The monoisotopic (exact) mass is 770 g/mol. The first-order chi connectivity index (χ1) is 27.3. The van der Waals surface area contributed by atoms with Gasteiger partial charge in [0.15, 0.2) is 0 Å². The summed E-state index contributed by atoms with van der Waals surface area (Å²) in [5.74, 6) is 0.469. The van der Waals surface area contributed by atoms with Crippen LogP contribution in [0, 0.1) is 15.9 Å². The predicted molar refractivity (Wildman–Crippen MR) is 206 cm³/mol. The maximum atomic E-state index is 13.9. The van der Waals surface area contributed by atoms with Crippen LogP contribution < -0.4 is 24.6 Å². The Kier molecular flexibility index (Phi) is 12.8. The highest BCUT2D eigenvalue weighted by Crippen LogP contribution is 2.36. The Balaban J connectivity index is 1.06. The van der Waals surface area contributed by atoms with Crippen molar-refractivity contribution in [2.45, 2.75) is 50.3 Å². The van der Waals surface area contributed by atoms with Gasteiger partial charge in [-0.25, -0.2) is 9.18 Å². The van der Waals surface area contributed by atoms with Crippen molar-refractivity contribution in [3.05, 3.63) is 129 Å². The van der Waals surface area contributed by atoms with Crippen LogP contribution in [0.1, 0.15) is 45.8 Å². The lowest BCUT2D eigenvalue weighted by Crippen LogP contribution is -2.51. The number of piperidine rings is 1. The molecule has 4 atom stereocenters. The van der Waals surface area contributed by atoms with Gasteiger partial charge < -0.3 is 43.6 Å². The van der Waals surface area contributed by atoms with Crippen LogP contribution in [-0.4, -0.2) is 89.0 Å². The topological polar surface area (TPSA) is 134 Å². The van der Waals surface area contributed by atoms with Crippen LogP contribution in [0.3, 0.4) is 0 Å². The second-order valence-corrected chi connectivity index (χ2v) is 14.2. The number of anilines is 2. The van der Waals surface area contributed by atoms with Gasteiger partial charge in [0, 0.05) is 57.9 Å². The normalized spacial score (nSPS) is 20.5. The van der Waals surface area contributed by atoms with Crippen LogP contribution in [0.5, 0.6) is 11.5 Å². The molecule has 296 valence electrons. The predicted octanol–water partition coefficient (Wildman–Crippen LogP) is 5.92. The molecule has 3 aliphatic heterocycles. The maximum absolute atomic E-state index is 13.9. The molecule has 0 aliphatic carbocycles. The summed E-state index contributed by atoms with van der Waals surface area (Å²) in [6.07, 6.45) is 0.736. The lowest BCUT2D eigenvalue weighted by Gasteiger charge is -2.38. The number of esters is 1. The minimum atomic E-state index is -0.855. The zero-order chi connectivity index (χ0) is 38.9. The fourth-order valence-corrected chi connectivity index (χ4v) is 7.57. The van der Waals surface area contributed by atoms with Crippen molar-refractivity contribution in [2.24, 2.45) is 0 Å². The van der Waals surface area contributed by atoms with E-state index < -0.39 is 17.2 Å². The zero-order valence-electron chi connectivity index (χ0n) is 31.3. The number of hydrogen-bond donors (Lipinski definition) is 1. The van der Waals surface area contributed by atoms with Gasteiger partial charge in [-0.05, 0) is 77.7 Å². The molecule has 4 aromatic carbocycles. The molecule has 13 nitrogen and oxygen atoms in total. The van der Waals surface area contributed by atoms with Gasteiger partial charge in [0.25, 0.3) is 5.09 Å². The van der Waals surface area contributed by atoms with Crippen molar-refractivity contribution in [3.8, 4) is 11.5 Å². The summed E-state index contributed by atoms with van der Waals surface area (Å²) in [4.78, 5) is 33.0. The van der Waals surface area contributed by atoms with Gasteiger partial charge in [-0.2, -0.15) is 0 Å². The third kappa shape index (κ3) is 9.86. The van der Waals surface area contributed by atoms with E-state index in [4.69, 9.17) is 23.7 Å². The van der Waals surface area contributed by atoms with Crippen LogP contribution in [0.25, 0.3) is 0 Å². The summed E-state index contributed by atoms with van der Waals surface area (Å²) in [5, 5.41) is 13.2. The zero-order valence-corrected chi connectivity index (χ0v) is 31.3. The molecule has 4 aromatic rings. The number of hydrogen-bond acceptors (Lipinski definition) is 12. The number of fused-ring (bicyclic) bond motifs is 1. The molecule has 7 rings (SSSR count). The van der Waals surface area contributed by atoms with E-state index in [0.717, 1.165) is 60.7 Å². The summed E-state index contributed by atoms with van der Waals surface area (Å²) >= 11 is 0. The SMILES string of the molecule is COCCCN1CCOc2ccc(CO[C@H]3CNC[C@@H](OC(=O)c4ccc(CO[N+](=O)[O-])cc4)[C@@H]3c3ccc(O[C@H]4CCN(c5cccc(F)c5)C4)cc3)cc21. The molecule has 0 radical (unpaired) electrons. The molecule has 0 bridgehead atoms. The van der Waals surface area contributed by atoms with E-state index in [1.807, 2.05) is 42.5 Å². The van der Waals surface area contributed by atoms with Gasteiger partial charge in [0.2, 0.25) is 0 Å². The molecule has 0 amide bonds. The highest BCUT2D eigenvalue weighted by molar-refractivity contribution is 5.89. The molecule has 0 spiro atoms. The standard InChI is InChI=1S/C42H47FN4O9/c1-51-20-3-17-45-19-21-52-38-15-8-30(22-37(38)45)27-53-39-24-44-25-40(56-42(48)32-9-6-29(7-10-32)28-54-47(49)50)41(39)31-11-13-35(14-12-31)55-36-16-18-46(26-36)34-5-2-4-33(43)23-34/h2,4-15,22-23,36,39-41,44H,3,16-21,24-28H2,1H3/t36-,39-,40+,41+/m0/s1. The molecule has 0 saturated carbocycles. The molecule has 0 unspecified atom stereocenters. The number of nitrogens with one attached hydrogen (secondary N) is 1. The summed E-state index contributed by atoms with van der Waals surface area (Å²) in [7, 11) is 1.71. The van der Waals surface area contributed by atoms with E-state index in [1.54, 1.807) is 43.5 Å². The molecule has 0 aromatic heterocycles. The van der Waals surface area contributed by atoms with Crippen LogP contribution >= 0.6 is 0 Å². The van der Waals surface area contributed by atoms with Gasteiger partial charge in [-0.3, -0.25) is 0 Å². The fourth-order valence-electron chi connectivity index (χ4n) is 7.57. The highest BCUT2D eigenvalue weighted by Gasteiger charge is 2.38. The van der Waals surface area contributed by atoms with Crippen molar-refractivity contribution in [1.82, 2.24) is 5.32 Å². The van der Waals surface area contributed by atoms with Crippen molar-refractivity contribution in [2.75, 3.05) is 69.4 Å².